The van der Waals surface area contributed by atoms with Gasteiger partial charge in [-0.25, -0.2) is 0 Å². The molecule has 0 bridgehead atoms. The Bertz CT molecular complexity index is 189. The Hall–Kier alpha value is -0.530. The third kappa shape index (κ3) is 4.67. The van der Waals surface area contributed by atoms with Gasteiger partial charge in [0.25, 0.3) is 0 Å². The Balaban J connectivity index is 2.39. The average Bonchev–Trinajstić information content (AvgIpc) is 2.24. The fourth-order valence-corrected chi connectivity index (χ4v) is 2.60. The summed E-state index contributed by atoms with van der Waals surface area (Å²) in [6, 6.07) is 0. The SMILES string of the molecule is CC[C@H]1CCCCCC(C(=O)O)CCC1. The molecule has 0 spiro atoms. The van der Waals surface area contributed by atoms with Crippen molar-refractivity contribution in [3.8, 4) is 0 Å². The summed E-state index contributed by atoms with van der Waals surface area (Å²) in [7, 11) is 0. The monoisotopic (exact) mass is 212 g/mol. The number of carbonyl (C=O) groups is 1. The van der Waals surface area contributed by atoms with Crippen LogP contribution in [0, 0.1) is 11.8 Å². The summed E-state index contributed by atoms with van der Waals surface area (Å²) in [4.78, 5) is 11.0. The van der Waals surface area contributed by atoms with Gasteiger partial charge < -0.3 is 5.11 Å². The largest absolute Gasteiger partial charge is 0.481 e. The van der Waals surface area contributed by atoms with Gasteiger partial charge in [-0.2, -0.15) is 0 Å². The third-order valence-electron chi connectivity index (χ3n) is 3.76. The molecule has 2 heteroatoms. The molecular weight excluding hydrogens is 188 g/mol. The molecule has 0 aromatic carbocycles. The predicted molar refractivity (Wildman–Crippen MR) is 61.8 cm³/mol. The fourth-order valence-electron chi connectivity index (χ4n) is 2.60. The van der Waals surface area contributed by atoms with Gasteiger partial charge in [0.05, 0.1) is 5.92 Å². The lowest BCUT2D eigenvalue weighted by atomic mass is 9.87. The zero-order chi connectivity index (χ0) is 11.1. The van der Waals surface area contributed by atoms with Gasteiger partial charge in [-0.05, 0) is 18.8 Å². The van der Waals surface area contributed by atoms with Crippen LogP contribution in [0.4, 0.5) is 0 Å². The molecule has 1 aliphatic carbocycles. The van der Waals surface area contributed by atoms with Crippen molar-refractivity contribution in [3.05, 3.63) is 0 Å². The van der Waals surface area contributed by atoms with Crippen LogP contribution in [0.25, 0.3) is 0 Å². The van der Waals surface area contributed by atoms with Gasteiger partial charge >= 0.3 is 5.97 Å². The number of carboxylic acid groups (broad SMARTS) is 1. The van der Waals surface area contributed by atoms with Crippen molar-refractivity contribution in [1.82, 2.24) is 0 Å². The van der Waals surface area contributed by atoms with Crippen molar-refractivity contribution >= 4 is 5.97 Å². The van der Waals surface area contributed by atoms with Crippen LogP contribution in [0.3, 0.4) is 0 Å². The van der Waals surface area contributed by atoms with Crippen molar-refractivity contribution in [2.24, 2.45) is 11.8 Å². The lowest BCUT2D eigenvalue weighted by Crippen LogP contribution is -2.15. The normalized spacial score (nSPS) is 29.7. The maximum atomic E-state index is 11.0. The molecule has 0 heterocycles. The quantitative estimate of drug-likeness (QED) is 0.755. The Morgan fingerprint density at radius 1 is 1.07 bits per heavy atom. The molecule has 0 aromatic heterocycles. The first-order valence-corrected chi connectivity index (χ1v) is 6.46. The van der Waals surface area contributed by atoms with Crippen molar-refractivity contribution < 1.29 is 9.90 Å². The van der Waals surface area contributed by atoms with E-state index in [2.05, 4.69) is 6.92 Å². The first-order valence-electron chi connectivity index (χ1n) is 6.46. The molecule has 1 saturated carbocycles. The van der Waals surface area contributed by atoms with E-state index in [1.54, 1.807) is 0 Å². The predicted octanol–water partition coefficient (Wildman–Crippen LogP) is 3.85. The molecular formula is C13H24O2. The first kappa shape index (κ1) is 12.5. The van der Waals surface area contributed by atoms with E-state index in [0.717, 1.165) is 31.6 Å². The molecule has 1 N–H and O–H groups in total. The van der Waals surface area contributed by atoms with Crippen LogP contribution in [0.15, 0.2) is 0 Å². The minimum atomic E-state index is -0.580. The second-order valence-electron chi connectivity index (χ2n) is 4.88. The van der Waals surface area contributed by atoms with Crippen LogP contribution in [-0.4, -0.2) is 11.1 Å². The summed E-state index contributed by atoms with van der Waals surface area (Å²) in [5.41, 5.74) is 0. The molecule has 0 amide bonds. The van der Waals surface area contributed by atoms with Crippen LogP contribution < -0.4 is 0 Å². The van der Waals surface area contributed by atoms with Gasteiger partial charge in [-0.1, -0.05) is 51.9 Å². The third-order valence-corrected chi connectivity index (χ3v) is 3.76. The van der Waals surface area contributed by atoms with Crippen LogP contribution in [0.2, 0.25) is 0 Å². The molecule has 0 aliphatic heterocycles. The highest BCUT2D eigenvalue weighted by Gasteiger charge is 2.18. The van der Waals surface area contributed by atoms with Crippen molar-refractivity contribution in [1.29, 1.82) is 0 Å². The lowest BCUT2D eigenvalue weighted by molar-refractivity contribution is -0.142. The smallest absolute Gasteiger partial charge is 0.306 e. The van der Waals surface area contributed by atoms with Crippen LogP contribution in [0.1, 0.15) is 64.7 Å². The van der Waals surface area contributed by atoms with E-state index in [1.807, 2.05) is 0 Å². The highest BCUT2D eigenvalue weighted by molar-refractivity contribution is 5.69. The molecule has 0 saturated heterocycles. The van der Waals surface area contributed by atoms with Gasteiger partial charge in [0, 0.05) is 0 Å². The molecule has 1 rings (SSSR count). The minimum absolute atomic E-state index is 0.0689. The summed E-state index contributed by atoms with van der Waals surface area (Å²) >= 11 is 0. The lowest BCUT2D eigenvalue weighted by Gasteiger charge is -2.19. The summed E-state index contributed by atoms with van der Waals surface area (Å²) in [5, 5.41) is 9.04. The van der Waals surface area contributed by atoms with E-state index in [4.69, 9.17) is 5.11 Å². The molecule has 15 heavy (non-hydrogen) atoms. The standard InChI is InChI=1S/C13H24O2/c1-2-11-7-4-3-5-9-12(13(14)15)10-6-8-11/h11-12H,2-10H2,1H3,(H,14,15)/t11-,12?/m0/s1. The molecule has 1 aliphatic rings. The summed E-state index contributed by atoms with van der Waals surface area (Å²) in [6.45, 7) is 2.26. The maximum Gasteiger partial charge on any atom is 0.306 e. The highest BCUT2D eigenvalue weighted by Crippen LogP contribution is 2.26. The van der Waals surface area contributed by atoms with E-state index >= 15 is 0 Å². The van der Waals surface area contributed by atoms with Crippen molar-refractivity contribution in [3.63, 3.8) is 0 Å². The van der Waals surface area contributed by atoms with E-state index in [0.29, 0.717) is 0 Å². The van der Waals surface area contributed by atoms with Gasteiger partial charge in [0.1, 0.15) is 0 Å². The van der Waals surface area contributed by atoms with Crippen molar-refractivity contribution in [2.45, 2.75) is 64.7 Å². The fraction of sp³-hybridized carbons (Fsp3) is 0.923. The molecule has 2 nitrogen and oxygen atoms in total. The number of carboxylic acids is 1. The van der Waals surface area contributed by atoms with Gasteiger partial charge in [-0.3, -0.25) is 4.79 Å². The summed E-state index contributed by atoms with van der Waals surface area (Å²) in [6.07, 6.45) is 10.4. The van der Waals surface area contributed by atoms with Crippen LogP contribution >= 0.6 is 0 Å². The minimum Gasteiger partial charge on any atom is -0.481 e. The Kier molecular flexibility index (Phi) is 5.74. The Morgan fingerprint density at radius 2 is 1.67 bits per heavy atom. The second-order valence-corrected chi connectivity index (χ2v) is 4.88. The van der Waals surface area contributed by atoms with Gasteiger partial charge in [0.2, 0.25) is 0 Å². The first-order chi connectivity index (χ1) is 7.24. The topological polar surface area (TPSA) is 37.3 Å². The summed E-state index contributed by atoms with van der Waals surface area (Å²) in [5.74, 6) is 0.196. The number of aliphatic carboxylic acids is 1. The van der Waals surface area contributed by atoms with E-state index in [1.165, 1.54) is 32.1 Å². The van der Waals surface area contributed by atoms with Crippen LogP contribution in [-0.2, 0) is 4.79 Å². The molecule has 1 fully saturated rings. The van der Waals surface area contributed by atoms with Gasteiger partial charge in [-0.15, -0.1) is 0 Å². The second kappa shape index (κ2) is 6.86. The number of hydrogen-bond acceptors (Lipinski definition) is 1. The summed E-state index contributed by atoms with van der Waals surface area (Å²) < 4.78 is 0. The molecule has 0 aromatic rings. The van der Waals surface area contributed by atoms with E-state index in [-0.39, 0.29) is 5.92 Å². The van der Waals surface area contributed by atoms with Gasteiger partial charge in [0.15, 0.2) is 0 Å². The Morgan fingerprint density at radius 3 is 2.33 bits per heavy atom. The van der Waals surface area contributed by atoms with Crippen molar-refractivity contribution in [2.75, 3.05) is 0 Å². The average molecular weight is 212 g/mol. The zero-order valence-electron chi connectivity index (χ0n) is 9.87. The van der Waals surface area contributed by atoms with E-state index < -0.39 is 5.97 Å². The molecule has 88 valence electrons. The number of hydrogen-bond donors (Lipinski definition) is 1. The Labute approximate surface area is 93.1 Å². The maximum absolute atomic E-state index is 11.0. The molecule has 2 atom stereocenters. The van der Waals surface area contributed by atoms with Crippen LogP contribution in [0.5, 0.6) is 0 Å². The molecule has 1 unspecified atom stereocenters. The zero-order valence-corrected chi connectivity index (χ0v) is 9.87. The number of rotatable bonds is 2. The molecule has 0 radical (unpaired) electrons. The highest BCUT2D eigenvalue weighted by atomic mass is 16.4. The van der Waals surface area contributed by atoms with E-state index in [9.17, 15) is 4.79 Å².